The smallest absolute Gasteiger partial charge is 0.365 e. The zero-order valence-corrected chi connectivity index (χ0v) is 17.2. The highest BCUT2D eigenvalue weighted by Gasteiger charge is 2.30. The molecule has 0 aliphatic carbocycles. The van der Waals surface area contributed by atoms with Gasteiger partial charge in [-0.25, -0.2) is 4.98 Å². The SMILES string of the molecule is FC(F)(F)c1cccc(CNc2nc3c(-c4cccc(Cl)c4)nnn3c3ccccc23)c1. The number of fused-ring (bicyclic) bond motifs is 3. The summed E-state index contributed by atoms with van der Waals surface area (Å²) in [6.45, 7) is 0.172. The fourth-order valence-electron chi connectivity index (χ4n) is 3.56. The lowest BCUT2D eigenvalue weighted by Crippen LogP contribution is -2.08. The normalized spacial score (nSPS) is 11.9. The fraction of sp³-hybridized carbons (Fsp3) is 0.0870. The van der Waals surface area contributed by atoms with E-state index in [9.17, 15) is 13.2 Å². The number of anilines is 1. The molecule has 5 nitrogen and oxygen atoms in total. The van der Waals surface area contributed by atoms with Crippen molar-refractivity contribution < 1.29 is 13.2 Å². The molecule has 0 amide bonds. The topological polar surface area (TPSA) is 55.1 Å². The number of nitrogens with one attached hydrogen (secondary N) is 1. The minimum absolute atomic E-state index is 0.172. The molecule has 0 bridgehead atoms. The largest absolute Gasteiger partial charge is 0.416 e. The molecule has 0 spiro atoms. The number of para-hydroxylation sites is 1. The monoisotopic (exact) mass is 453 g/mol. The van der Waals surface area contributed by atoms with Crippen LogP contribution in [0.15, 0.2) is 72.8 Å². The average Bonchev–Trinajstić information content (AvgIpc) is 3.21. The molecule has 0 radical (unpaired) electrons. The van der Waals surface area contributed by atoms with Crippen LogP contribution in [-0.2, 0) is 12.7 Å². The zero-order chi connectivity index (χ0) is 22.3. The van der Waals surface area contributed by atoms with Gasteiger partial charge in [0.05, 0.1) is 11.1 Å². The van der Waals surface area contributed by atoms with Gasteiger partial charge in [0.2, 0.25) is 0 Å². The molecular formula is C23H15ClF3N5. The average molecular weight is 454 g/mol. The number of benzene rings is 3. The Kier molecular flexibility index (Phi) is 4.94. The predicted molar refractivity (Wildman–Crippen MR) is 118 cm³/mol. The molecular weight excluding hydrogens is 439 g/mol. The summed E-state index contributed by atoms with van der Waals surface area (Å²) in [5.41, 5.74) is 2.40. The van der Waals surface area contributed by atoms with E-state index in [0.29, 0.717) is 27.7 Å². The molecule has 0 aliphatic heterocycles. The van der Waals surface area contributed by atoms with Crippen molar-refractivity contribution in [2.24, 2.45) is 0 Å². The van der Waals surface area contributed by atoms with Gasteiger partial charge in [0, 0.05) is 22.5 Å². The fourth-order valence-corrected chi connectivity index (χ4v) is 3.76. The van der Waals surface area contributed by atoms with Crippen molar-refractivity contribution in [1.29, 1.82) is 0 Å². The van der Waals surface area contributed by atoms with E-state index in [1.165, 1.54) is 6.07 Å². The first-order chi connectivity index (χ1) is 15.4. The number of alkyl halides is 3. The first-order valence-corrected chi connectivity index (χ1v) is 10.1. The highest BCUT2D eigenvalue weighted by atomic mass is 35.5. The van der Waals surface area contributed by atoms with E-state index < -0.39 is 11.7 Å². The van der Waals surface area contributed by atoms with Crippen molar-refractivity contribution in [1.82, 2.24) is 19.8 Å². The third-order valence-corrected chi connectivity index (χ3v) is 5.30. The van der Waals surface area contributed by atoms with Crippen molar-refractivity contribution in [3.8, 4) is 11.3 Å². The van der Waals surface area contributed by atoms with Crippen LogP contribution in [0, 0.1) is 0 Å². The number of rotatable bonds is 4. The second-order valence-electron chi connectivity index (χ2n) is 7.21. The number of hydrogen-bond acceptors (Lipinski definition) is 4. The third-order valence-electron chi connectivity index (χ3n) is 5.06. The Balaban J connectivity index is 1.59. The van der Waals surface area contributed by atoms with Gasteiger partial charge in [-0.2, -0.15) is 17.7 Å². The maximum atomic E-state index is 13.1. The number of aromatic nitrogens is 4. The van der Waals surface area contributed by atoms with Gasteiger partial charge >= 0.3 is 6.18 Å². The van der Waals surface area contributed by atoms with Gasteiger partial charge in [0.25, 0.3) is 0 Å². The standard InChI is InChI=1S/C23H15ClF3N5/c24-17-8-4-6-15(12-17)20-22-29-21(18-9-1-2-10-19(18)32(22)31-30-20)28-13-14-5-3-7-16(11-14)23(25,26)27/h1-12H,13H2,(H,28,29). The molecule has 9 heteroatoms. The van der Waals surface area contributed by atoms with Crippen LogP contribution in [0.4, 0.5) is 19.0 Å². The maximum absolute atomic E-state index is 13.1. The second-order valence-corrected chi connectivity index (χ2v) is 7.65. The van der Waals surface area contributed by atoms with E-state index in [2.05, 4.69) is 15.6 Å². The van der Waals surface area contributed by atoms with E-state index in [1.54, 1.807) is 22.7 Å². The molecule has 0 fully saturated rings. The quantitative estimate of drug-likeness (QED) is 0.350. The van der Waals surface area contributed by atoms with E-state index in [4.69, 9.17) is 16.6 Å². The van der Waals surface area contributed by atoms with Crippen LogP contribution in [0.2, 0.25) is 5.02 Å². The summed E-state index contributed by atoms with van der Waals surface area (Å²) in [7, 11) is 0. The van der Waals surface area contributed by atoms with Gasteiger partial charge in [0.15, 0.2) is 5.65 Å². The first-order valence-electron chi connectivity index (χ1n) is 9.70. The van der Waals surface area contributed by atoms with Crippen molar-refractivity contribution in [2.45, 2.75) is 12.7 Å². The van der Waals surface area contributed by atoms with Gasteiger partial charge in [-0.05, 0) is 42.0 Å². The van der Waals surface area contributed by atoms with Crippen molar-refractivity contribution in [2.75, 3.05) is 5.32 Å². The Labute approximate surface area is 185 Å². The van der Waals surface area contributed by atoms with Crippen LogP contribution in [0.5, 0.6) is 0 Å². The highest BCUT2D eigenvalue weighted by molar-refractivity contribution is 6.30. The van der Waals surface area contributed by atoms with Crippen molar-refractivity contribution in [3.05, 3.63) is 88.9 Å². The van der Waals surface area contributed by atoms with Crippen LogP contribution in [-0.4, -0.2) is 19.8 Å². The summed E-state index contributed by atoms with van der Waals surface area (Å²) in [6, 6.07) is 19.9. The van der Waals surface area contributed by atoms with Crippen LogP contribution < -0.4 is 5.32 Å². The van der Waals surface area contributed by atoms with E-state index in [0.717, 1.165) is 28.6 Å². The zero-order valence-electron chi connectivity index (χ0n) is 16.4. The summed E-state index contributed by atoms with van der Waals surface area (Å²) >= 11 is 6.13. The van der Waals surface area contributed by atoms with Crippen LogP contribution in [0.25, 0.3) is 27.8 Å². The molecule has 2 aromatic heterocycles. The summed E-state index contributed by atoms with van der Waals surface area (Å²) in [6.07, 6.45) is -4.39. The van der Waals surface area contributed by atoms with E-state index >= 15 is 0 Å². The summed E-state index contributed by atoms with van der Waals surface area (Å²) in [5, 5.41) is 13.1. The Morgan fingerprint density at radius 2 is 1.75 bits per heavy atom. The predicted octanol–water partition coefficient (Wildman–Crippen LogP) is 6.23. The molecule has 3 aromatic carbocycles. The number of halogens is 4. The molecule has 5 rings (SSSR count). The Morgan fingerprint density at radius 1 is 0.938 bits per heavy atom. The molecule has 0 atom stereocenters. The first kappa shape index (κ1) is 20.3. The lowest BCUT2D eigenvalue weighted by Gasteiger charge is -2.12. The van der Waals surface area contributed by atoms with Crippen molar-refractivity contribution >= 4 is 34.0 Å². The number of nitrogens with zero attached hydrogens (tertiary/aromatic N) is 4. The van der Waals surface area contributed by atoms with Gasteiger partial charge < -0.3 is 5.32 Å². The Hall–Kier alpha value is -3.65. The molecule has 0 saturated carbocycles. The van der Waals surface area contributed by atoms with Crippen LogP contribution >= 0.6 is 11.6 Å². The third kappa shape index (κ3) is 3.73. The van der Waals surface area contributed by atoms with E-state index in [-0.39, 0.29) is 6.54 Å². The minimum atomic E-state index is -4.39. The van der Waals surface area contributed by atoms with Gasteiger partial charge in [-0.15, -0.1) is 5.10 Å². The van der Waals surface area contributed by atoms with Crippen molar-refractivity contribution in [3.63, 3.8) is 0 Å². The molecule has 32 heavy (non-hydrogen) atoms. The molecule has 0 aliphatic rings. The Morgan fingerprint density at radius 3 is 2.56 bits per heavy atom. The second kappa shape index (κ2) is 7.80. The van der Waals surface area contributed by atoms with E-state index in [1.807, 2.05) is 36.4 Å². The Bertz CT molecular complexity index is 1450. The lowest BCUT2D eigenvalue weighted by atomic mass is 10.1. The lowest BCUT2D eigenvalue weighted by molar-refractivity contribution is -0.137. The van der Waals surface area contributed by atoms with Crippen LogP contribution in [0.1, 0.15) is 11.1 Å². The van der Waals surface area contributed by atoms with Gasteiger partial charge in [-0.1, -0.05) is 53.2 Å². The molecule has 1 N–H and O–H groups in total. The number of hydrogen-bond donors (Lipinski definition) is 1. The summed E-state index contributed by atoms with van der Waals surface area (Å²) in [5.74, 6) is 0.524. The molecule has 0 unspecified atom stereocenters. The summed E-state index contributed by atoms with van der Waals surface area (Å²) in [4.78, 5) is 4.72. The van der Waals surface area contributed by atoms with Gasteiger partial charge in [-0.3, -0.25) is 0 Å². The summed E-state index contributed by atoms with van der Waals surface area (Å²) < 4.78 is 40.8. The molecule has 2 heterocycles. The molecule has 5 aromatic rings. The molecule has 0 saturated heterocycles. The highest BCUT2D eigenvalue weighted by Crippen LogP contribution is 2.31. The maximum Gasteiger partial charge on any atom is 0.416 e. The van der Waals surface area contributed by atoms with Crippen LogP contribution in [0.3, 0.4) is 0 Å². The molecule has 160 valence electrons. The minimum Gasteiger partial charge on any atom is -0.365 e. The van der Waals surface area contributed by atoms with Gasteiger partial charge in [0.1, 0.15) is 11.5 Å².